The molecule has 0 unspecified atom stereocenters. The first-order chi connectivity index (χ1) is 2.91. The van der Waals surface area contributed by atoms with Crippen LogP contribution < -0.4 is 0 Å². The van der Waals surface area contributed by atoms with Crippen molar-refractivity contribution in [3.8, 4) is 0 Å². The van der Waals surface area contributed by atoms with Crippen LogP contribution in [-0.2, 0) is 9.46 Å². The van der Waals surface area contributed by atoms with E-state index in [0.29, 0.717) is 0 Å². The van der Waals surface area contributed by atoms with E-state index in [-0.39, 0.29) is 0 Å². The number of rotatable bonds is 3. The molecule has 0 heterocycles. The summed E-state index contributed by atoms with van der Waals surface area (Å²) in [5.41, 5.74) is 0. The molecule has 0 rings (SSSR count). The van der Waals surface area contributed by atoms with Gasteiger partial charge in [-0.1, -0.05) is 0 Å². The Hall–Kier alpha value is 0.00987. The molecule has 3 nitrogen and oxygen atoms in total. The van der Waals surface area contributed by atoms with Crippen LogP contribution in [0.4, 0.5) is 0 Å². The first-order valence-electron chi connectivity index (χ1n) is 1.40. The lowest BCUT2D eigenvalue weighted by molar-refractivity contribution is -0.134. The second kappa shape index (κ2) is 5.01. The summed E-state index contributed by atoms with van der Waals surface area (Å²) < 4.78 is 4.32. The van der Waals surface area contributed by atoms with E-state index in [0.717, 1.165) is 7.37 Å². The lowest BCUT2D eigenvalue weighted by Gasteiger charge is -1.84. The van der Waals surface area contributed by atoms with Gasteiger partial charge in [0.15, 0.2) is 0 Å². The van der Waals surface area contributed by atoms with Crippen molar-refractivity contribution < 1.29 is 14.7 Å². The molecule has 0 aromatic carbocycles. The molecule has 0 saturated carbocycles. The second-order valence-electron chi connectivity index (χ2n) is 0.613. The molecular formula is CH4B2O3. The summed E-state index contributed by atoms with van der Waals surface area (Å²) >= 11 is 0. The summed E-state index contributed by atoms with van der Waals surface area (Å²) in [6, 6.07) is 0. The van der Waals surface area contributed by atoms with Gasteiger partial charge in [0.25, 0.3) is 7.37 Å². The standard InChI is InChI=1S/CH4B2O3/c1-5-2-3-6-4/h4H,1H3. The average Bonchev–Trinajstić information content (AvgIpc) is 1.61. The van der Waals surface area contributed by atoms with E-state index >= 15 is 0 Å². The molecule has 5 heteroatoms. The topological polar surface area (TPSA) is 38.7 Å². The lowest BCUT2D eigenvalue weighted by atomic mass is 9.65. The van der Waals surface area contributed by atoms with Crippen molar-refractivity contribution in [1.82, 2.24) is 0 Å². The van der Waals surface area contributed by atoms with E-state index in [1.807, 2.05) is 0 Å². The average molecular weight is 85.7 g/mol. The quantitative estimate of drug-likeness (QED) is 0.213. The summed E-state index contributed by atoms with van der Waals surface area (Å²) in [4.78, 5) is 3.48. The van der Waals surface area contributed by atoms with Crippen molar-refractivity contribution in [2.75, 3.05) is 7.11 Å². The van der Waals surface area contributed by atoms with Crippen molar-refractivity contribution in [3.63, 3.8) is 0 Å². The van der Waals surface area contributed by atoms with Crippen LogP contribution in [0.2, 0.25) is 0 Å². The van der Waals surface area contributed by atoms with Gasteiger partial charge in [-0.3, -0.25) is 5.26 Å². The van der Waals surface area contributed by atoms with Crippen molar-refractivity contribution >= 4 is 14.7 Å². The SMILES string of the molecule is CO[B][B]OO. The van der Waals surface area contributed by atoms with Gasteiger partial charge in [0.05, 0.1) is 0 Å². The zero-order valence-electron chi connectivity index (χ0n) is 3.42. The molecule has 0 aromatic rings. The molecule has 0 saturated heterocycles. The van der Waals surface area contributed by atoms with Crippen LogP contribution in [0.5, 0.6) is 0 Å². The maximum atomic E-state index is 7.53. The molecule has 0 aliphatic heterocycles. The highest BCUT2D eigenvalue weighted by molar-refractivity contribution is 6.93. The summed E-state index contributed by atoms with van der Waals surface area (Å²) in [6.07, 6.45) is 0. The third-order valence-electron chi connectivity index (χ3n) is 0.252. The molecule has 0 fully saturated rings. The Morgan fingerprint density at radius 3 is 2.33 bits per heavy atom. The van der Waals surface area contributed by atoms with Gasteiger partial charge >= 0.3 is 7.37 Å². The number of hydrogen-bond acceptors (Lipinski definition) is 3. The Labute approximate surface area is 37.7 Å². The molecule has 0 atom stereocenters. The maximum absolute atomic E-state index is 7.53. The molecule has 32 valence electrons. The predicted octanol–water partition coefficient (Wildman–Crippen LogP) is -0.724. The summed E-state index contributed by atoms with van der Waals surface area (Å²) in [5.74, 6) is 0. The van der Waals surface area contributed by atoms with Crippen molar-refractivity contribution in [3.05, 3.63) is 0 Å². The first kappa shape index (κ1) is 6.01. The van der Waals surface area contributed by atoms with E-state index in [4.69, 9.17) is 5.26 Å². The van der Waals surface area contributed by atoms with Gasteiger partial charge in [-0.25, -0.2) is 0 Å². The van der Waals surface area contributed by atoms with Crippen LogP contribution in [0.15, 0.2) is 0 Å². The Morgan fingerprint density at radius 2 is 2.17 bits per heavy atom. The van der Waals surface area contributed by atoms with Gasteiger partial charge in [-0.05, 0) is 0 Å². The van der Waals surface area contributed by atoms with Crippen LogP contribution in [0.25, 0.3) is 0 Å². The minimum Gasteiger partial charge on any atom is -0.450 e. The molecule has 0 aliphatic carbocycles. The Balaban J connectivity index is 2.34. The first-order valence-corrected chi connectivity index (χ1v) is 1.40. The molecule has 0 aromatic heterocycles. The molecule has 0 spiro atoms. The fourth-order valence-electron chi connectivity index (χ4n) is 0.0804. The van der Waals surface area contributed by atoms with Crippen LogP contribution in [0, 0.1) is 0 Å². The van der Waals surface area contributed by atoms with E-state index in [2.05, 4.69) is 9.46 Å². The van der Waals surface area contributed by atoms with Gasteiger partial charge < -0.3 is 9.46 Å². The fourth-order valence-corrected chi connectivity index (χ4v) is 0.0804. The largest absolute Gasteiger partial charge is 0.450 e. The third-order valence-corrected chi connectivity index (χ3v) is 0.252. The maximum Gasteiger partial charge on any atom is 0.333 e. The van der Waals surface area contributed by atoms with Crippen molar-refractivity contribution in [2.45, 2.75) is 0 Å². The van der Waals surface area contributed by atoms with Crippen molar-refractivity contribution in [2.24, 2.45) is 0 Å². The van der Waals surface area contributed by atoms with Gasteiger partial charge in [-0.15, -0.1) is 0 Å². The van der Waals surface area contributed by atoms with Crippen LogP contribution in [0.3, 0.4) is 0 Å². The minimum atomic E-state index is 1.01. The molecule has 0 amide bonds. The van der Waals surface area contributed by atoms with Gasteiger partial charge in [0.2, 0.25) is 0 Å². The molecule has 0 aliphatic rings. The van der Waals surface area contributed by atoms with Gasteiger partial charge in [0, 0.05) is 7.11 Å². The summed E-state index contributed by atoms with van der Waals surface area (Å²) in [7, 11) is 3.68. The zero-order chi connectivity index (χ0) is 4.83. The van der Waals surface area contributed by atoms with Crippen molar-refractivity contribution in [1.29, 1.82) is 0 Å². The second-order valence-corrected chi connectivity index (χ2v) is 0.613. The van der Waals surface area contributed by atoms with Crippen LogP contribution in [0.1, 0.15) is 0 Å². The van der Waals surface area contributed by atoms with E-state index in [1.165, 1.54) is 14.5 Å². The van der Waals surface area contributed by atoms with E-state index < -0.39 is 0 Å². The molecular weight excluding hydrogens is 81.6 g/mol. The smallest absolute Gasteiger partial charge is 0.333 e. The normalized spacial score (nSPS) is 7.67. The van der Waals surface area contributed by atoms with Crippen LogP contribution in [-0.4, -0.2) is 27.1 Å². The monoisotopic (exact) mass is 86.0 g/mol. The highest BCUT2D eigenvalue weighted by Crippen LogP contribution is 1.56. The number of hydrogen-bond donors (Lipinski definition) is 1. The molecule has 2 radical (unpaired) electrons. The zero-order valence-corrected chi connectivity index (χ0v) is 3.42. The lowest BCUT2D eigenvalue weighted by Crippen LogP contribution is -2.07. The molecule has 6 heavy (non-hydrogen) atoms. The van der Waals surface area contributed by atoms with E-state index in [1.54, 1.807) is 0 Å². The summed E-state index contributed by atoms with van der Waals surface area (Å²) in [5, 5.41) is 7.53. The Kier molecular flexibility index (Phi) is 5.02. The molecule has 0 bridgehead atoms. The third kappa shape index (κ3) is 4.01. The van der Waals surface area contributed by atoms with Crippen LogP contribution >= 0.6 is 0 Å². The summed E-state index contributed by atoms with van der Waals surface area (Å²) in [6.45, 7) is 0. The van der Waals surface area contributed by atoms with Gasteiger partial charge in [-0.2, -0.15) is 0 Å². The Morgan fingerprint density at radius 1 is 1.50 bits per heavy atom. The Bertz CT molecular complexity index is 20.8. The van der Waals surface area contributed by atoms with E-state index in [9.17, 15) is 0 Å². The molecule has 1 N–H and O–H groups in total. The fraction of sp³-hybridized carbons (Fsp3) is 1.00. The highest BCUT2D eigenvalue weighted by atomic mass is 17.1. The predicted molar refractivity (Wildman–Crippen MR) is 22.2 cm³/mol. The van der Waals surface area contributed by atoms with Gasteiger partial charge in [0.1, 0.15) is 0 Å². The highest BCUT2D eigenvalue weighted by Gasteiger charge is 1.88. The minimum absolute atomic E-state index is 1.01.